The summed E-state index contributed by atoms with van der Waals surface area (Å²) >= 11 is 12.2. The molecule has 19 heavy (non-hydrogen) atoms. The zero-order valence-corrected chi connectivity index (χ0v) is 12.5. The molecule has 0 aliphatic rings. The number of aromatic nitrogens is 2. The molecule has 6 heteroatoms. The molecule has 1 atom stereocenters. The second-order valence-corrected chi connectivity index (χ2v) is 6.14. The zero-order valence-electron chi connectivity index (χ0n) is 10.9. The van der Waals surface area contributed by atoms with E-state index in [0.29, 0.717) is 27.3 Å². The summed E-state index contributed by atoms with van der Waals surface area (Å²) in [5.74, 6) is 0.904. The predicted molar refractivity (Wildman–Crippen MR) is 75.5 cm³/mol. The number of hydrogen-bond donors (Lipinski definition) is 1. The SMILES string of the molecule is CC(C)(C)c1nc(C(N)c2c(Cl)cccc2Cl)no1. The van der Waals surface area contributed by atoms with Crippen LogP contribution in [0.25, 0.3) is 0 Å². The molecule has 0 fully saturated rings. The topological polar surface area (TPSA) is 64.9 Å². The molecule has 2 rings (SSSR count). The molecule has 0 bridgehead atoms. The van der Waals surface area contributed by atoms with Crippen molar-refractivity contribution in [1.29, 1.82) is 0 Å². The first-order valence-electron chi connectivity index (χ1n) is 5.84. The molecule has 0 radical (unpaired) electrons. The van der Waals surface area contributed by atoms with Crippen LogP contribution in [-0.4, -0.2) is 10.1 Å². The van der Waals surface area contributed by atoms with Crippen LogP contribution >= 0.6 is 23.2 Å². The van der Waals surface area contributed by atoms with Gasteiger partial charge in [0.1, 0.15) is 0 Å². The summed E-state index contributed by atoms with van der Waals surface area (Å²) in [5, 5.41) is 4.89. The molecular weight excluding hydrogens is 285 g/mol. The molecule has 1 aromatic carbocycles. The Labute approximate surface area is 121 Å². The number of halogens is 2. The van der Waals surface area contributed by atoms with Gasteiger partial charge in [-0.2, -0.15) is 4.98 Å². The summed E-state index contributed by atoms with van der Waals surface area (Å²) in [5.41, 5.74) is 6.50. The third-order valence-electron chi connectivity index (χ3n) is 2.67. The first kappa shape index (κ1) is 14.3. The Kier molecular flexibility index (Phi) is 3.85. The van der Waals surface area contributed by atoms with Crippen molar-refractivity contribution >= 4 is 23.2 Å². The maximum Gasteiger partial charge on any atom is 0.232 e. The van der Waals surface area contributed by atoms with Gasteiger partial charge < -0.3 is 10.3 Å². The van der Waals surface area contributed by atoms with Gasteiger partial charge in [0.2, 0.25) is 5.89 Å². The molecular formula is C13H15Cl2N3O. The number of nitrogens with zero attached hydrogens (tertiary/aromatic N) is 2. The van der Waals surface area contributed by atoms with Crippen molar-refractivity contribution in [2.24, 2.45) is 5.73 Å². The van der Waals surface area contributed by atoms with Gasteiger partial charge >= 0.3 is 0 Å². The lowest BCUT2D eigenvalue weighted by molar-refractivity contribution is 0.317. The molecule has 1 aromatic heterocycles. The van der Waals surface area contributed by atoms with Gasteiger partial charge in [0.15, 0.2) is 5.82 Å². The summed E-state index contributed by atoms with van der Waals surface area (Å²) in [6.45, 7) is 5.95. The number of benzene rings is 1. The fraction of sp³-hybridized carbons (Fsp3) is 0.385. The van der Waals surface area contributed by atoms with Crippen LogP contribution in [0, 0.1) is 0 Å². The molecule has 4 nitrogen and oxygen atoms in total. The van der Waals surface area contributed by atoms with Gasteiger partial charge in [-0.3, -0.25) is 0 Å². The fourth-order valence-corrected chi connectivity index (χ4v) is 2.24. The Balaban J connectivity index is 2.40. The summed E-state index contributed by atoms with van der Waals surface area (Å²) < 4.78 is 5.22. The standard InChI is InChI=1S/C13H15Cl2N3O/c1-13(2,3)12-17-11(18-19-12)10(16)9-7(14)5-4-6-8(9)15/h4-6,10H,16H2,1-3H3. The summed E-state index contributed by atoms with van der Waals surface area (Å²) in [6, 6.07) is 4.61. The third kappa shape index (κ3) is 2.91. The Morgan fingerprint density at radius 1 is 1.21 bits per heavy atom. The summed E-state index contributed by atoms with van der Waals surface area (Å²) in [6.07, 6.45) is 0. The Bertz CT molecular complexity index is 570. The minimum Gasteiger partial charge on any atom is -0.339 e. The van der Waals surface area contributed by atoms with Crippen LogP contribution in [0.3, 0.4) is 0 Å². The van der Waals surface area contributed by atoms with E-state index < -0.39 is 6.04 Å². The molecule has 102 valence electrons. The second-order valence-electron chi connectivity index (χ2n) is 5.32. The van der Waals surface area contributed by atoms with Crippen molar-refractivity contribution in [2.75, 3.05) is 0 Å². The average Bonchev–Trinajstić information content (AvgIpc) is 2.77. The molecule has 0 saturated heterocycles. The minimum atomic E-state index is -0.610. The van der Waals surface area contributed by atoms with Crippen molar-refractivity contribution in [3.8, 4) is 0 Å². The largest absolute Gasteiger partial charge is 0.339 e. The van der Waals surface area contributed by atoms with Gasteiger partial charge in [-0.05, 0) is 12.1 Å². The maximum atomic E-state index is 6.12. The van der Waals surface area contributed by atoms with Crippen LogP contribution < -0.4 is 5.73 Å². The highest BCUT2D eigenvalue weighted by molar-refractivity contribution is 6.36. The van der Waals surface area contributed by atoms with E-state index in [2.05, 4.69) is 10.1 Å². The molecule has 2 N–H and O–H groups in total. The van der Waals surface area contributed by atoms with E-state index >= 15 is 0 Å². The first-order chi connectivity index (χ1) is 8.80. The number of nitrogens with two attached hydrogens (primary N) is 1. The third-order valence-corrected chi connectivity index (χ3v) is 3.33. The number of hydrogen-bond acceptors (Lipinski definition) is 4. The molecule has 1 unspecified atom stereocenters. The van der Waals surface area contributed by atoms with Crippen LogP contribution in [-0.2, 0) is 5.41 Å². The minimum absolute atomic E-state index is 0.227. The highest BCUT2D eigenvalue weighted by Gasteiger charge is 2.26. The quantitative estimate of drug-likeness (QED) is 0.918. The summed E-state index contributed by atoms with van der Waals surface area (Å²) in [7, 11) is 0. The highest BCUT2D eigenvalue weighted by atomic mass is 35.5. The van der Waals surface area contributed by atoms with Gasteiger partial charge in [0.25, 0.3) is 0 Å². The lowest BCUT2D eigenvalue weighted by Gasteiger charge is -2.12. The van der Waals surface area contributed by atoms with E-state index in [4.69, 9.17) is 33.5 Å². The fourth-order valence-electron chi connectivity index (χ4n) is 1.60. The Hall–Kier alpha value is -1.10. The smallest absolute Gasteiger partial charge is 0.232 e. The van der Waals surface area contributed by atoms with Gasteiger partial charge in [-0.15, -0.1) is 0 Å². The lowest BCUT2D eigenvalue weighted by Crippen LogP contribution is -2.16. The normalized spacial score (nSPS) is 13.6. The molecule has 2 aromatic rings. The monoisotopic (exact) mass is 299 g/mol. The van der Waals surface area contributed by atoms with Crippen molar-refractivity contribution < 1.29 is 4.52 Å². The lowest BCUT2D eigenvalue weighted by atomic mass is 9.97. The average molecular weight is 300 g/mol. The Morgan fingerprint density at radius 2 is 1.79 bits per heavy atom. The first-order valence-corrected chi connectivity index (χ1v) is 6.60. The van der Waals surface area contributed by atoms with Gasteiger partial charge in [0, 0.05) is 21.0 Å². The van der Waals surface area contributed by atoms with Crippen molar-refractivity contribution in [1.82, 2.24) is 10.1 Å². The van der Waals surface area contributed by atoms with E-state index in [-0.39, 0.29) is 5.41 Å². The van der Waals surface area contributed by atoms with Crippen molar-refractivity contribution in [3.05, 3.63) is 45.5 Å². The van der Waals surface area contributed by atoms with Crippen LogP contribution in [0.4, 0.5) is 0 Å². The van der Waals surface area contributed by atoms with Crippen LogP contribution in [0.1, 0.15) is 44.1 Å². The zero-order chi connectivity index (χ0) is 14.2. The van der Waals surface area contributed by atoms with Crippen LogP contribution in [0.2, 0.25) is 10.0 Å². The maximum absolute atomic E-state index is 6.12. The van der Waals surface area contributed by atoms with E-state index in [1.54, 1.807) is 18.2 Å². The van der Waals surface area contributed by atoms with Gasteiger partial charge in [-0.25, -0.2) is 0 Å². The molecule has 0 amide bonds. The Morgan fingerprint density at radius 3 is 2.26 bits per heavy atom. The van der Waals surface area contributed by atoms with E-state index in [0.717, 1.165) is 0 Å². The van der Waals surface area contributed by atoms with E-state index in [1.807, 2.05) is 20.8 Å². The van der Waals surface area contributed by atoms with Crippen LogP contribution in [0.5, 0.6) is 0 Å². The molecule has 1 heterocycles. The number of rotatable bonds is 2. The van der Waals surface area contributed by atoms with Gasteiger partial charge in [-0.1, -0.05) is 55.2 Å². The van der Waals surface area contributed by atoms with Crippen molar-refractivity contribution in [2.45, 2.75) is 32.2 Å². The highest BCUT2D eigenvalue weighted by Crippen LogP contribution is 2.32. The predicted octanol–water partition coefficient (Wildman–Crippen LogP) is 3.72. The summed E-state index contributed by atoms with van der Waals surface area (Å²) in [4.78, 5) is 4.32. The molecule has 0 saturated carbocycles. The second kappa shape index (κ2) is 5.12. The van der Waals surface area contributed by atoms with Crippen LogP contribution in [0.15, 0.2) is 22.7 Å². The van der Waals surface area contributed by atoms with E-state index in [1.165, 1.54) is 0 Å². The molecule has 0 aliphatic heterocycles. The van der Waals surface area contributed by atoms with Gasteiger partial charge in [0.05, 0.1) is 6.04 Å². The molecule has 0 spiro atoms. The van der Waals surface area contributed by atoms with E-state index in [9.17, 15) is 0 Å². The molecule has 0 aliphatic carbocycles. The van der Waals surface area contributed by atoms with Crippen molar-refractivity contribution in [3.63, 3.8) is 0 Å².